The normalized spacial score (nSPS) is 13.8. The van der Waals surface area contributed by atoms with E-state index in [1.165, 1.54) is 12.7 Å². The standard InChI is InChI=1S/C20H23N5O3/c1-13-12-14(17-18(23-13)25-10-4-2-3-7-16(25)24-17)19(26)21-8-9-22-20(27)15-6-5-11-28-15/h5-6,11-12H,2-4,7-10H2,1H3,(H,21,26)(H,22,27). The molecular weight excluding hydrogens is 358 g/mol. The van der Waals surface area contributed by atoms with E-state index in [0.717, 1.165) is 43.0 Å². The molecule has 3 aromatic heterocycles. The maximum absolute atomic E-state index is 12.7. The molecule has 4 rings (SSSR count). The summed E-state index contributed by atoms with van der Waals surface area (Å²) in [6.07, 6.45) is 5.76. The average molecular weight is 381 g/mol. The minimum Gasteiger partial charge on any atom is -0.459 e. The molecule has 0 saturated carbocycles. The maximum atomic E-state index is 12.7. The Morgan fingerprint density at radius 2 is 1.96 bits per heavy atom. The van der Waals surface area contributed by atoms with Gasteiger partial charge in [0.25, 0.3) is 11.8 Å². The van der Waals surface area contributed by atoms with E-state index < -0.39 is 0 Å². The first-order valence-corrected chi connectivity index (χ1v) is 9.60. The largest absolute Gasteiger partial charge is 0.459 e. The van der Waals surface area contributed by atoms with Crippen LogP contribution < -0.4 is 10.6 Å². The molecule has 8 heteroatoms. The minimum absolute atomic E-state index is 0.212. The highest BCUT2D eigenvalue weighted by Crippen LogP contribution is 2.23. The first kappa shape index (κ1) is 18.2. The van der Waals surface area contributed by atoms with Crippen molar-refractivity contribution in [3.63, 3.8) is 0 Å². The topological polar surface area (TPSA) is 102 Å². The molecule has 0 saturated heterocycles. The molecule has 1 aliphatic rings. The van der Waals surface area contributed by atoms with Crippen LogP contribution >= 0.6 is 0 Å². The van der Waals surface area contributed by atoms with Gasteiger partial charge in [0.2, 0.25) is 0 Å². The highest BCUT2D eigenvalue weighted by molar-refractivity contribution is 6.04. The quantitative estimate of drug-likeness (QED) is 0.660. The zero-order valence-electron chi connectivity index (χ0n) is 15.8. The van der Waals surface area contributed by atoms with E-state index in [4.69, 9.17) is 9.40 Å². The van der Waals surface area contributed by atoms with Crippen molar-refractivity contribution in [2.24, 2.45) is 0 Å². The van der Waals surface area contributed by atoms with Crippen LogP contribution in [-0.2, 0) is 13.0 Å². The van der Waals surface area contributed by atoms with Crippen LogP contribution in [0.5, 0.6) is 0 Å². The van der Waals surface area contributed by atoms with Crippen LogP contribution in [0.25, 0.3) is 11.2 Å². The molecule has 0 unspecified atom stereocenters. The van der Waals surface area contributed by atoms with Gasteiger partial charge < -0.3 is 19.6 Å². The van der Waals surface area contributed by atoms with Gasteiger partial charge in [0.05, 0.1) is 11.8 Å². The third-order valence-electron chi connectivity index (χ3n) is 4.88. The molecule has 0 aromatic carbocycles. The molecule has 2 N–H and O–H groups in total. The fourth-order valence-corrected chi connectivity index (χ4v) is 3.53. The SMILES string of the molecule is Cc1cc(C(=O)NCCNC(=O)c2ccco2)c2nc3n(c2n1)CCCCC3. The van der Waals surface area contributed by atoms with Gasteiger partial charge in [-0.25, -0.2) is 9.97 Å². The van der Waals surface area contributed by atoms with E-state index >= 15 is 0 Å². The van der Waals surface area contributed by atoms with Gasteiger partial charge in [-0.3, -0.25) is 9.59 Å². The number of pyridine rings is 1. The summed E-state index contributed by atoms with van der Waals surface area (Å²) in [6.45, 7) is 3.39. The van der Waals surface area contributed by atoms with Crippen LogP contribution in [0.4, 0.5) is 0 Å². The van der Waals surface area contributed by atoms with Crippen molar-refractivity contribution in [1.29, 1.82) is 0 Å². The number of furan rings is 1. The number of rotatable bonds is 5. The number of imidazole rings is 1. The Labute approximate surface area is 162 Å². The summed E-state index contributed by atoms with van der Waals surface area (Å²) in [5, 5.41) is 5.56. The maximum Gasteiger partial charge on any atom is 0.287 e. The lowest BCUT2D eigenvalue weighted by molar-refractivity contribution is 0.0911. The second-order valence-corrected chi connectivity index (χ2v) is 6.96. The van der Waals surface area contributed by atoms with Crippen LogP contribution in [-0.4, -0.2) is 39.4 Å². The van der Waals surface area contributed by atoms with Crippen molar-refractivity contribution < 1.29 is 14.0 Å². The van der Waals surface area contributed by atoms with Gasteiger partial charge in [0.1, 0.15) is 11.3 Å². The van der Waals surface area contributed by atoms with Crippen LogP contribution in [0.2, 0.25) is 0 Å². The molecule has 2 amide bonds. The van der Waals surface area contributed by atoms with Crippen LogP contribution in [0.1, 0.15) is 51.7 Å². The predicted octanol–water partition coefficient (Wildman–Crippen LogP) is 2.22. The monoisotopic (exact) mass is 381 g/mol. The summed E-state index contributed by atoms with van der Waals surface area (Å²) in [6, 6.07) is 5.01. The molecule has 28 heavy (non-hydrogen) atoms. The first-order valence-electron chi connectivity index (χ1n) is 9.60. The molecule has 0 aliphatic carbocycles. The minimum atomic E-state index is -0.306. The summed E-state index contributed by atoms with van der Waals surface area (Å²) in [4.78, 5) is 33.9. The van der Waals surface area contributed by atoms with E-state index in [1.807, 2.05) is 6.92 Å². The zero-order valence-corrected chi connectivity index (χ0v) is 15.8. The predicted molar refractivity (Wildman–Crippen MR) is 103 cm³/mol. The second kappa shape index (κ2) is 7.84. The summed E-state index contributed by atoms with van der Waals surface area (Å²) in [7, 11) is 0. The number of fused-ring (bicyclic) bond motifs is 3. The lowest BCUT2D eigenvalue weighted by atomic mass is 10.2. The number of aryl methyl sites for hydroxylation is 3. The van der Waals surface area contributed by atoms with Crippen molar-refractivity contribution in [2.75, 3.05) is 13.1 Å². The number of carbonyl (C=O) groups excluding carboxylic acids is 2. The first-order chi connectivity index (χ1) is 13.6. The van der Waals surface area contributed by atoms with Gasteiger partial charge in [0.15, 0.2) is 11.4 Å². The number of hydrogen-bond donors (Lipinski definition) is 2. The van der Waals surface area contributed by atoms with E-state index in [-0.39, 0.29) is 17.6 Å². The molecule has 1 aliphatic heterocycles. The van der Waals surface area contributed by atoms with Gasteiger partial charge in [-0.2, -0.15) is 0 Å². The molecule has 3 aromatic rings. The Morgan fingerprint density at radius 1 is 1.14 bits per heavy atom. The Hall–Kier alpha value is -3.16. The van der Waals surface area contributed by atoms with E-state index in [2.05, 4.69) is 20.2 Å². The highest BCUT2D eigenvalue weighted by Gasteiger charge is 2.20. The number of carbonyl (C=O) groups is 2. The van der Waals surface area contributed by atoms with Crippen molar-refractivity contribution in [2.45, 2.75) is 39.2 Å². The number of amides is 2. The molecular formula is C20H23N5O3. The third kappa shape index (κ3) is 3.62. The van der Waals surface area contributed by atoms with E-state index in [9.17, 15) is 9.59 Å². The van der Waals surface area contributed by atoms with E-state index in [0.29, 0.717) is 24.2 Å². The van der Waals surface area contributed by atoms with Gasteiger partial charge in [-0.05, 0) is 38.0 Å². The van der Waals surface area contributed by atoms with E-state index in [1.54, 1.807) is 18.2 Å². The number of hydrogen-bond acceptors (Lipinski definition) is 5. The zero-order chi connectivity index (χ0) is 19.5. The van der Waals surface area contributed by atoms with Gasteiger partial charge >= 0.3 is 0 Å². The van der Waals surface area contributed by atoms with Crippen LogP contribution in [0, 0.1) is 6.92 Å². The Kier molecular flexibility index (Phi) is 5.10. The van der Waals surface area contributed by atoms with Crippen molar-refractivity contribution in [1.82, 2.24) is 25.2 Å². The molecule has 0 bridgehead atoms. The third-order valence-corrected chi connectivity index (χ3v) is 4.88. The average Bonchev–Trinajstić information content (AvgIpc) is 3.27. The lowest BCUT2D eigenvalue weighted by Gasteiger charge is -2.08. The van der Waals surface area contributed by atoms with Crippen LogP contribution in [0.3, 0.4) is 0 Å². The summed E-state index contributed by atoms with van der Waals surface area (Å²) < 4.78 is 7.18. The smallest absolute Gasteiger partial charge is 0.287 e. The summed E-state index contributed by atoms with van der Waals surface area (Å²) >= 11 is 0. The Bertz CT molecular complexity index is 1010. The fourth-order valence-electron chi connectivity index (χ4n) is 3.53. The molecule has 146 valence electrons. The van der Waals surface area contributed by atoms with Gasteiger partial charge in [-0.15, -0.1) is 0 Å². The lowest BCUT2D eigenvalue weighted by Crippen LogP contribution is -2.34. The number of aromatic nitrogens is 3. The highest BCUT2D eigenvalue weighted by atomic mass is 16.3. The molecule has 0 radical (unpaired) electrons. The van der Waals surface area contributed by atoms with Crippen molar-refractivity contribution >= 4 is 23.0 Å². The number of nitrogens with one attached hydrogen (secondary N) is 2. The Balaban J connectivity index is 1.46. The molecule has 8 nitrogen and oxygen atoms in total. The number of nitrogens with zero attached hydrogens (tertiary/aromatic N) is 3. The van der Waals surface area contributed by atoms with Gasteiger partial charge in [-0.1, -0.05) is 6.42 Å². The molecule has 0 spiro atoms. The fraction of sp³-hybridized carbons (Fsp3) is 0.400. The van der Waals surface area contributed by atoms with Gasteiger partial charge in [0, 0.05) is 31.7 Å². The Morgan fingerprint density at radius 3 is 2.75 bits per heavy atom. The second-order valence-electron chi connectivity index (χ2n) is 6.96. The summed E-state index contributed by atoms with van der Waals surface area (Å²) in [5.41, 5.74) is 2.75. The molecule has 4 heterocycles. The summed E-state index contributed by atoms with van der Waals surface area (Å²) in [5.74, 6) is 0.734. The van der Waals surface area contributed by atoms with Crippen molar-refractivity contribution in [3.05, 3.63) is 47.3 Å². The molecule has 0 fully saturated rings. The van der Waals surface area contributed by atoms with Crippen LogP contribution in [0.15, 0.2) is 28.9 Å². The van der Waals surface area contributed by atoms with Crippen molar-refractivity contribution in [3.8, 4) is 0 Å². The molecule has 0 atom stereocenters.